The summed E-state index contributed by atoms with van der Waals surface area (Å²) in [5, 5.41) is 0. The average Bonchev–Trinajstić information content (AvgIpc) is 3.14. The highest BCUT2D eigenvalue weighted by Crippen LogP contribution is 2.67. The van der Waals surface area contributed by atoms with Gasteiger partial charge < -0.3 is 9.47 Å². The molecule has 2 aromatic rings. The van der Waals surface area contributed by atoms with Crippen LogP contribution in [0.1, 0.15) is 93.1 Å². The highest BCUT2D eigenvalue weighted by atomic mass is 16.6. The van der Waals surface area contributed by atoms with Gasteiger partial charge in [-0.1, -0.05) is 31.2 Å². The Kier molecular flexibility index (Phi) is 5.18. The van der Waals surface area contributed by atoms with Crippen molar-refractivity contribution in [2.75, 3.05) is 0 Å². The molecule has 0 unspecified atom stereocenters. The maximum absolute atomic E-state index is 12.9. The molecule has 2 saturated carbocycles. The van der Waals surface area contributed by atoms with E-state index in [9.17, 15) is 9.59 Å². The van der Waals surface area contributed by atoms with E-state index in [-0.39, 0.29) is 28.4 Å². The zero-order valence-electron chi connectivity index (χ0n) is 21.1. The fourth-order valence-corrected chi connectivity index (χ4v) is 8.02. The number of carbonyl (C=O) groups is 2. The number of ether oxygens (including phenoxy) is 2. The Labute approximate surface area is 208 Å². The van der Waals surface area contributed by atoms with Crippen molar-refractivity contribution in [1.82, 2.24) is 0 Å². The van der Waals surface area contributed by atoms with E-state index in [1.807, 2.05) is 38.1 Å². The summed E-state index contributed by atoms with van der Waals surface area (Å²) >= 11 is 0. The maximum atomic E-state index is 12.9. The second-order valence-corrected chi connectivity index (χ2v) is 12.3. The minimum atomic E-state index is -0.361. The van der Waals surface area contributed by atoms with Crippen LogP contribution in [0.25, 0.3) is 0 Å². The Morgan fingerprint density at radius 1 is 0.943 bits per heavy atom. The summed E-state index contributed by atoms with van der Waals surface area (Å²) in [4.78, 5) is 25.6. The molecule has 4 aliphatic rings. The topological polar surface area (TPSA) is 52.6 Å². The van der Waals surface area contributed by atoms with E-state index in [1.54, 1.807) is 12.1 Å². The van der Waals surface area contributed by atoms with Gasteiger partial charge in [0.25, 0.3) is 0 Å². The molecule has 2 aromatic carbocycles. The second-order valence-electron chi connectivity index (χ2n) is 12.3. The van der Waals surface area contributed by atoms with E-state index in [0.717, 1.165) is 51.4 Å². The fraction of sp³-hybridized carbons (Fsp3) is 0.548. The van der Waals surface area contributed by atoms with Crippen molar-refractivity contribution in [2.45, 2.75) is 83.7 Å². The van der Waals surface area contributed by atoms with Gasteiger partial charge >= 0.3 is 11.9 Å². The normalized spacial score (nSPS) is 34.9. The summed E-state index contributed by atoms with van der Waals surface area (Å²) in [6.45, 7) is 6.47. The Bertz CT molecular complexity index is 1170. The van der Waals surface area contributed by atoms with E-state index < -0.39 is 0 Å². The standard InChI is InChI=1S/C31H36O4/c1-29(2)17-18-31(35-28(29)33)16-14-26-25-12-9-20-19-21(27(32)34-22-7-5-4-6-8-22)10-11-23(20)24(25)13-15-30(26,31)3/h4-8,10-11,19,24-26H,9,12-18H2,1-3H3/t24-,25-,26+,30+,31-/m1/s1. The smallest absolute Gasteiger partial charge is 0.343 e. The van der Waals surface area contributed by atoms with Gasteiger partial charge in [0.15, 0.2) is 0 Å². The number of hydrogen-bond donors (Lipinski definition) is 0. The van der Waals surface area contributed by atoms with E-state index in [2.05, 4.69) is 19.1 Å². The summed E-state index contributed by atoms with van der Waals surface area (Å²) in [6.07, 6.45) is 8.45. The Balaban J connectivity index is 1.23. The molecule has 35 heavy (non-hydrogen) atoms. The number of aryl methyl sites for hydroxylation is 1. The fourth-order valence-electron chi connectivity index (χ4n) is 8.02. The first-order valence-electron chi connectivity index (χ1n) is 13.4. The lowest BCUT2D eigenvalue weighted by Gasteiger charge is -2.56. The number of benzene rings is 2. The molecule has 0 aromatic heterocycles. The van der Waals surface area contributed by atoms with Crippen molar-refractivity contribution in [1.29, 1.82) is 0 Å². The SMILES string of the molecule is CC1(C)CC[C@@]2(CC[C@H]3[C@@H]4CCc5cc(C(=O)Oc6ccccc6)ccc5[C@H]4CC[C@@]32C)OC1=O. The number of carbonyl (C=O) groups excluding carboxylic acids is 2. The number of hydrogen-bond acceptors (Lipinski definition) is 4. The quantitative estimate of drug-likeness (QED) is 0.354. The molecular weight excluding hydrogens is 436 g/mol. The third-order valence-corrected chi connectivity index (χ3v) is 10.2. The Morgan fingerprint density at radius 3 is 2.51 bits per heavy atom. The summed E-state index contributed by atoms with van der Waals surface area (Å²) in [6, 6.07) is 15.5. The van der Waals surface area contributed by atoms with Gasteiger partial charge in [-0.2, -0.15) is 0 Å². The Hall–Kier alpha value is -2.62. The van der Waals surface area contributed by atoms with Gasteiger partial charge in [0.05, 0.1) is 11.0 Å². The number of para-hydroxylation sites is 1. The zero-order chi connectivity index (χ0) is 24.4. The third-order valence-electron chi connectivity index (χ3n) is 10.2. The average molecular weight is 473 g/mol. The van der Waals surface area contributed by atoms with Crippen LogP contribution in [0.5, 0.6) is 5.75 Å². The number of fused-ring (bicyclic) bond motifs is 6. The molecule has 0 bridgehead atoms. The van der Waals surface area contributed by atoms with Gasteiger partial charge in [0.1, 0.15) is 11.4 Å². The molecule has 6 rings (SSSR count). The first-order valence-corrected chi connectivity index (χ1v) is 13.4. The van der Waals surface area contributed by atoms with Crippen LogP contribution >= 0.6 is 0 Å². The van der Waals surface area contributed by atoms with Gasteiger partial charge in [0.2, 0.25) is 0 Å². The van der Waals surface area contributed by atoms with Crippen molar-refractivity contribution < 1.29 is 19.1 Å². The van der Waals surface area contributed by atoms with Crippen LogP contribution in [-0.4, -0.2) is 17.5 Å². The zero-order valence-corrected chi connectivity index (χ0v) is 21.1. The van der Waals surface area contributed by atoms with E-state index in [1.165, 1.54) is 11.1 Å². The van der Waals surface area contributed by atoms with E-state index >= 15 is 0 Å². The molecular formula is C31H36O4. The maximum Gasteiger partial charge on any atom is 0.343 e. The molecule has 3 aliphatic carbocycles. The van der Waals surface area contributed by atoms with Crippen LogP contribution in [0.3, 0.4) is 0 Å². The Morgan fingerprint density at radius 2 is 1.74 bits per heavy atom. The van der Waals surface area contributed by atoms with Crippen LogP contribution in [0.4, 0.5) is 0 Å². The minimum Gasteiger partial charge on any atom is -0.458 e. The third kappa shape index (κ3) is 3.47. The molecule has 1 saturated heterocycles. The molecule has 1 spiro atoms. The summed E-state index contributed by atoms with van der Waals surface area (Å²) < 4.78 is 11.9. The van der Waals surface area contributed by atoms with Gasteiger partial charge in [0, 0.05) is 5.41 Å². The lowest BCUT2D eigenvalue weighted by atomic mass is 9.52. The first-order chi connectivity index (χ1) is 16.7. The van der Waals surface area contributed by atoms with Crippen molar-refractivity contribution in [3.05, 3.63) is 65.2 Å². The predicted molar refractivity (Wildman–Crippen MR) is 134 cm³/mol. The summed E-state index contributed by atoms with van der Waals surface area (Å²) in [5.41, 5.74) is 2.78. The molecule has 4 nitrogen and oxygen atoms in total. The summed E-state index contributed by atoms with van der Waals surface area (Å²) in [7, 11) is 0. The van der Waals surface area contributed by atoms with Gasteiger partial charge in [-0.3, -0.25) is 4.79 Å². The van der Waals surface area contributed by atoms with Crippen LogP contribution in [0, 0.1) is 22.7 Å². The second kappa shape index (κ2) is 7.94. The molecule has 0 N–H and O–H groups in total. The molecule has 184 valence electrons. The van der Waals surface area contributed by atoms with Crippen molar-refractivity contribution in [3.63, 3.8) is 0 Å². The van der Waals surface area contributed by atoms with E-state index in [4.69, 9.17) is 9.47 Å². The predicted octanol–water partition coefficient (Wildman–Crippen LogP) is 6.86. The van der Waals surface area contributed by atoms with Crippen molar-refractivity contribution >= 4 is 11.9 Å². The highest BCUT2D eigenvalue weighted by molar-refractivity contribution is 5.91. The minimum absolute atomic E-state index is 0.00310. The molecule has 1 heterocycles. The molecule has 0 amide bonds. The first kappa shape index (κ1) is 22.8. The highest BCUT2D eigenvalue weighted by Gasteiger charge is 2.65. The van der Waals surface area contributed by atoms with Gasteiger partial charge in [-0.05, 0) is 118 Å². The van der Waals surface area contributed by atoms with Crippen LogP contribution in [0.15, 0.2) is 48.5 Å². The van der Waals surface area contributed by atoms with Crippen LogP contribution in [-0.2, 0) is 16.0 Å². The molecule has 4 heteroatoms. The van der Waals surface area contributed by atoms with Crippen molar-refractivity contribution in [2.24, 2.45) is 22.7 Å². The largest absolute Gasteiger partial charge is 0.458 e. The monoisotopic (exact) mass is 472 g/mol. The van der Waals surface area contributed by atoms with E-state index in [0.29, 0.717) is 29.1 Å². The molecule has 5 atom stereocenters. The molecule has 1 aliphatic heterocycles. The number of rotatable bonds is 2. The number of esters is 2. The van der Waals surface area contributed by atoms with Gasteiger partial charge in [-0.25, -0.2) is 4.79 Å². The molecule has 0 radical (unpaired) electrons. The molecule has 3 fully saturated rings. The lowest BCUT2D eigenvalue weighted by molar-refractivity contribution is -0.206. The van der Waals surface area contributed by atoms with Crippen LogP contribution in [0.2, 0.25) is 0 Å². The lowest BCUT2D eigenvalue weighted by Crippen LogP contribution is -2.56. The summed E-state index contributed by atoms with van der Waals surface area (Å²) in [5.74, 6) is 2.02. The van der Waals surface area contributed by atoms with Crippen LogP contribution < -0.4 is 4.74 Å². The van der Waals surface area contributed by atoms with Gasteiger partial charge in [-0.15, -0.1) is 0 Å². The van der Waals surface area contributed by atoms with Crippen molar-refractivity contribution in [3.8, 4) is 5.75 Å².